The Morgan fingerprint density at radius 1 is 1.18 bits per heavy atom. The van der Waals surface area contributed by atoms with Gasteiger partial charge in [-0.3, -0.25) is 14.5 Å². The monoisotopic (exact) mass is 481 g/mol. The van der Waals surface area contributed by atoms with Crippen LogP contribution in [-0.4, -0.2) is 54.5 Å². The fourth-order valence-electron chi connectivity index (χ4n) is 3.03. The quantitative estimate of drug-likeness (QED) is 0.608. The van der Waals surface area contributed by atoms with Crippen LogP contribution in [-0.2, 0) is 20.5 Å². The van der Waals surface area contributed by atoms with E-state index in [1.807, 2.05) is 0 Å². The van der Waals surface area contributed by atoms with Crippen molar-refractivity contribution in [2.45, 2.75) is 17.8 Å². The minimum atomic E-state index is -4.52. The number of amidine groups is 1. The number of nitrogens with one attached hydrogen (secondary N) is 1. The molecule has 0 bridgehead atoms. The highest BCUT2D eigenvalue weighted by molar-refractivity contribution is 8.15. The number of amides is 2. The summed E-state index contributed by atoms with van der Waals surface area (Å²) >= 11 is 1.13. The second-order valence-electron chi connectivity index (χ2n) is 7.01. The molecule has 2 aromatic carbocycles. The second kappa shape index (κ2) is 10.7. The van der Waals surface area contributed by atoms with E-state index in [0.29, 0.717) is 16.6 Å². The molecular weight excluding hydrogens is 459 g/mol. The van der Waals surface area contributed by atoms with Gasteiger partial charge in [0.05, 0.1) is 31.5 Å². The molecule has 1 aliphatic rings. The van der Waals surface area contributed by atoms with Crippen molar-refractivity contribution in [1.82, 2.24) is 4.90 Å². The fraction of sp³-hybridized carbons (Fsp3) is 0.318. The highest BCUT2D eigenvalue weighted by Crippen LogP contribution is 2.33. The van der Waals surface area contributed by atoms with Crippen molar-refractivity contribution in [2.75, 3.05) is 32.7 Å². The van der Waals surface area contributed by atoms with Crippen LogP contribution < -0.4 is 10.1 Å². The molecule has 2 amide bonds. The predicted molar refractivity (Wildman–Crippen MR) is 120 cm³/mol. The minimum Gasteiger partial charge on any atom is -0.497 e. The number of carbonyl (C=O) groups is 2. The molecule has 1 N–H and O–H groups in total. The summed E-state index contributed by atoms with van der Waals surface area (Å²) in [5.41, 5.74) is -0.262. The van der Waals surface area contributed by atoms with Crippen LogP contribution in [0, 0.1) is 0 Å². The Bertz CT molecular complexity index is 1030. The largest absolute Gasteiger partial charge is 0.497 e. The Labute approximate surface area is 193 Å². The predicted octanol–water partition coefficient (Wildman–Crippen LogP) is 4.32. The molecule has 1 unspecified atom stereocenters. The van der Waals surface area contributed by atoms with Crippen LogP contribution in [0.3, 0.4) is 0 Å². The van der Waals surface area contributed by atoms with Gasteiger partial charge in [-0.25, -0.2) is 4.99 Å². The van der Waals surface area contributed by atoms with Crippen LogP contribution in [0.1, 0.15) is 12.0 Å². The van der Waals surface area contributed by atoms with Crippen molar-refractivity contribution >= 4 is 40.1 Å². The number of benzene rings is 2. The van der Waals surface area contributed by atoms with Gasteiger partial charge in [-0.05, 0) is 42.5 Å². The van der Waals surface area contributed by atoms with E-state index in [-0.39, 0.29) is 31.2 Å². The lowest BCUT2D eigenvalue weighted by molar-refractivity contribution is -0.137. The molecule has 1 fully saturated rings. The fourth-order valence-corrected chi connectivity index (χ4v) is 4.22. The van der Waals surface area contributed by atoms with Gasteiger partial charge in [0.15, 0.2) is 5.17 Å². The Morgan fingerprint density at radius 2 is 1.91 bits per heavy atom. The first kappa shape index (κ1) is 24.6. The number of nitrogens with zero attached hydrogens (tertiary/aromatic N) is 2. The van der Waals surface area contributed by atoms with E-state index in [9.17, 15) is 22.8 Å². The van der Waals surface area contributed by atoms with Crippen LogP contribution in [0.5, 0.6) is 5.75 Å². The summed E-state index contributed by atoms with van der Waals surface area (Å²) in [5, 5.41) is 2.09. The van der Waals surface area contributed by atoms with Crippen LogP contribution in [0.25, 0.3) is 0 Å². The van der Waals surface area contributed by atoms with Crippen molar-refractivity contribution in [2.24, 2.45) is 4.99 Å². The Kier molecular flexibility index (Phi) is 7.98. The molecule has 0 aromatic heterocycles. The van der Waals surface area contributed by atoms with E-state index in [0.717, 1.165) is 23.9 Å². The molecule has 0 spiro atoms. The number of hydrogen-bond acceptors (Lipinski definition) is 6. The molecule has 176 valence electrons. The molecule has 1 aliphatic heterocycles. The number of carbonyl (C=O) groups excluding carboxylic acids is 2. The zero-order valence-electron chi connectivity index (χ0n) is 17.9. The summed E-state index contributed by atoms with van der Waals surface area (Å²) in [7, 11) is 3.06. The van der Waals surface area contributed by atoms with Crippen molar-refractivity contribution in [3.8, 4) is 5.75 Å². The Hall–Kier alpha value is -3.05. The summed E-state index contributed by atoms with van der Waals surface area (Å²) in [5.74, 6) is -0.226. The Morgan fingerprint density at radius 3 is 2.55 bits per heavy atom. The lowest BCUT2D eigenvalue weighted by Gasteiger charge is -2.16. The average molecular weight is 481 g/mol. The number of thioether (sulfide) groups is 1. The number of aliphatic imine (C=N–C) groups is 1. The maximum absolute atomic E-state index is 12.9. The molecule has 7 nitrogen and oxygen atoms in total. The standard InChI is InChI=1S/C22H22F3N3O4S/c1-31-11-10-28-20(30)18(33-21(28)27-15-6-8-17(32-2)9-7-15)13-19(29)26-16-5-3-4-14(12-16)22(23,24)25/h3-9,12,18H,10-11,13H2,1-2H3,(H,26,29). The summed E-state index contributed by atoms with van der Waals surface area (Å²) in [4.78, 5) is 31.3. The van der Waals surface area contributed by atoms with E-state index < -0.39 is 22.9 Å². The number of halogens is 3. The average Bonchev–Trinajstić information content (AvgIpc) is 3.06. The number of hydrogen-bond donors (Lipinski definition) is 1. The maximum Gasteiger partial charge on any atom is 0.416 e. The summed E-state index contributed by atoms with van der Waals surface area (Å²) < 4.78 is 48.9. The third-order valence-electron chi connectivity index (χ3n) is 4.68. The molecule has 33 heavy (non-hydrogen) atoms. The lowest BCUT2D eigenvalue weighted by Crippen LogP contribution is -2.35. The first-order valence-corrected chi connectivity index (χ1v) is 10.8. The van der Waals surface area contributed by atoms with E-state index in [2.05, 4.69) is 10.3 Å². The molecule has 2 aromatic rings. The second-order valence-corrected chi connectivity index (χ2v) is 8.18. The van der Waals surface area contributed by atoms with E-state index in [4.69, 9.17) is 9.47 Å². The number of anilines is 1. The zero-order chi connectivity index (χ0) is 24.0. The lowest BCUT2D eigenvalue weighted by atomic mass is 10.2. The van der Waals surface area contributed by atoms with Crippen LogP contribution in [0.4, 0.5) is 24.5 Å². The normalized spacial score (nSPS) is 17.5. The minimum absolute atomic E-state index is 0.00799. The third kappa shape index (κ3) is 6.48. The van der Waals surface area contributed by atoms with Crippen molar-refractivity contribution in [3.05, 3.63) is 54.1 Å². The molecule has 1 atom stereocenters. The van der Waals surface area contributed by atoms with E-state index in [1.54, 1.807) is 31.4 Å². The number of alkyl halides is 3. The first-order chi connectivity index (χ1) is 15.7. The van der Waals surface area contributed by atoms with Gasteiger partial charge in [0, 0.05) is 19.2 Å². The van der Waals surface area contributed by atoms with Crippen LogP contribution >= 0.6 is 11.8 Å². The molecule has 0 radical (unpaired) electrons. The summed E-state index contributed by atoms with van der Waals surface area (Å²) in [6, 6.07) is 11.3. The highest BCUT2D eigenvalue weighted by Gasteiger charge is 2.39. The third-order valence-corrected chi connectivity index (χ3v) is 5.86. The van der Waals surface area contributed by atoms with Crippen molar-refractivity contribution < 1.29 is 32.2 Å². The Balaban J connectivity index is 1.72. The summed E-state index contributed by atoms with van der Waals surface area (Å²) in [6.45, 7) is 0.528. The zero-order valence-corrected chi connectivity index (χ0v) is 18.7. The first-order valence-electron chi connectivity index (χ1n) is 9.88. The molecule has 11 heteroatoms. The number of ether oxygens (including phenoxy) is 2. The smallest absolute Gasteiger partial charge is 0.416 e. The van der Waals surface area contributed by atoms with Gasteiger partial charge >= 0.3 is 6.18 Å². The number of methoxy groups -OCH3 is 2. The summed E-state index contributed by atoms with van der Waals surface area (Å²) in [6.07, 6.45) is -4.74. The van der Waals surface area contributed by atoms with Gasteiger partial charge in [-0.15, -0.1) is 0 Å². The van der Waals surface area contributed by atoms with E-state index >= 15 is 0 Å². The van der Waals surface area contributed by atoms with Gasteiger partial charge < -0.3 is 14.8 Å². The van der Waals surface area contributed by atoms with Crippen molar-refractivity contribution in [3.63, 3.8) is 0 Å². The highest BCUT2D eigenvalue weighted by atomic mass is 32.2. The van der Waals surface area contributed by atoms with Gasteiger partial charge in [0.1, 0.15) is 11.0 Å². The maximum atomic E-state index is 12.9. The van der Waals surface area contributed by atoms with Gasteiger partial charge in [-0.1, -0.05) is 17.8 Å². The van der Waals surface area contributed by atoms with Crippen LogP contribution in [0.2, 0.25) is 0 Å². The van der Waals surface area contributed by atoms with Gasteiger partial charge in [-0.2, -0.15) is 13.2 Å². The molecule has 3 rings (SSSR count). The van der Waals surface area contributed by atoms with E-state index in [1.165, 1.54) is 24.1 Å². The molecule has 0 saturated carbocycles. The number of rotatable bonds is 8. The van der Waals surface area contributed by atoms with Crippen LogP contribution in [0.15, 0.2) is 53.5 Å². The molecular formula is C22H22F3N3O4S. The van der Waals surface area contributed by atoms with Gasteiger partial charge in [0.2, 0.25) is 11.8 Å². The molecule has 1 saturated heterocycles. The molecule has 0 aliphatic carbocycles. The SMILES string of the molecule is COCCN1C(=O)C(CC(=O)Nc2cccc(C(F)(F)F)c2)SC1=Nc1ccc(OC)cc1. The topological polar surface area (TPSA) is 80.2 Å². The molecule has 1 heterocycles. The van der Waals surface area contributed by atoms with Crippen molar-refractivity contribution in [1.29, 1.82) is 0 Å². The van der Waals surface area contributed by atoms with Gasteiger partial charge in [0.25, 0.3) is 0 Å².